The van der Waals surface area contributed by atoms with Crippen LogP contribution in [0, 0.1) is 0 Å². The summed E-state index contributed by atoms with van der Waals surface area (Å²) in [5.74, 6) is 0. The number of hydrogen-bond acceptors (Lipinski definition) is 0. The number of rotatable bonds is 2. The normalized spacial score (nSPS) is 33.1. The van der Waals surface area contributed by atoms with E-state index in [1.165, 1.54) is 0 Å². The molecule has 2 unspecified atom stereocenters. The Labute approximate surface area is 167 Å². The van der Waals surface area contributed by atoms with E-state index in [-0.39, 0.29) is 24.8 Å². The molecule has 0 aliphatic carbocycles. The van der Waals surface area contributed by atoms with Gasteiger partial charge in [0.2, 0.25) is 0 Å². The molecule has 0 bridgehead atoms. The van der Waals surface area contributed by atoms with Crippen LogP contribution < -0.4 is 0 Å². The third kappa shape index (κ3) is 4.07. The average Bonchev–Trinajstić information content (AvgIpc) is 2.61. The molecular weight excluding hydrogens is 504 g/mol. The maximum Gasteiger partial charge on any atom is -0.147 e. The predicted octanol–water partition coefficient (Wildman–Crippen LogP) is 4.68. The second kappa shape index (κ2) is 7.79. The second-order valence-corrected chi connectivity index (χ2v) is 23.7. The molecule has 2 heterocycles. The summed E-state index contributed by atoms with van der Waals surface area (Å²) >= 11 is 0.366. The second-order valence-electron chi connectivity index (χ2n) is 6.16. The van der Waals surface area contributed by atoms with E-state index in [0.29, 0.717) is 34.4 Å². The fourth-order valence-electron chi connectivity index (χ4n) is 3.00. The Morgan fingerprint density at radius 1 is 0.667 bits per heavy atom. The van der Waals surface area contributed by atoms with E-state index >= 15 is 0 Å². The van der Waals surface area contributed by atoms with E-state index in [0.717, 1.165) is 0 Å². The minimum absolute atomic E-state index is 0. The molecule has 0 amide bonds. The van der Waals surface area contributed by atoms with Gasteiger partial charge < -0.3 is 0 Å². The maximum absolute atomic E-state index is 2.61. The van der Waals surface area contributed by atoms with Crippen LogP contribution in [-0.4, -0.2) is 39.2 Å². The van der Waals surface area contributed by atoms with Gasteiger partial charge in [0, 0.05) is 0 Å². The molecule has 2 rings (SSSR count). The molecule has 118 valence electrons. The van der Waals surface area contributed by atoms with Gasteiger partial charge in [-0.05, 0) is 0 Å². The Morgan fingerprint density at radius 3 is 1.14 bits per heavy atom. The first-order valence-electron chi connectivity index (χ1n) is 6.89. The molecule has 0 saturated carbocycles. The molecule has 21 heavy (non-hydrogen) atoms. The largest absolute Gasteiger partial charge is 0.147 e. The van der Waals surface area contributed by atoms with Crippen LogP contribution in [0.3, 0.4) is 0 Å². The quantitative estimate of drug-likeness (QED) is 0.456. The smallest absolute Gasteiger partial charge is 0.147 e. The fraction of sp³-hybridized carbons (Fsp3) is 0.625. The predicted molar refractivity (Wildman–Crippen MR) is 101 cm³/mol. The van der Waals surface area contributed by atoms with E-state index in [1.54, 1.807) is 30.9 Å². The van der Waals surface area contributed by atoms with Crippen LogP contribution in [0.4, 0.5) is 0 Å². The first-order valence-corrected chi connectivity index (χ1v) is 13.1. The Kier molecular flexibility index (Phi) is 8.46. The van der Waals surface area contributed by atoms with Crippen molar-refractivity contribution >= 4 is 64.0 Å². The van der Waals surface area contributed by atoms with Crippen LogP contribution in [0.1, 0.15) is 55.4 Å². The molecule has 0 nitrogen and oxygen atoms in total. The molecule has 0 aromatic rings. The van der Waals surface area contributed by atoms with Gasteiger partial charge in [-0.1, -0.05) is 0 Å². The van der Waals surface area contributed by atoms with Gasteiger partial charge in [-0.15, -0.1) is 24.8 Å². The summed E-state index contributed by atoms with van der Waals surface area (Å²) in [6.45, 7) is 19.6. The zero-order valence-corrected chi connectivity index (χ0v) is 22.1. The first kappa shape index (κ1) is 22.8. The van der Waals surface area contributed by atoms with E-state index in [4.69, 9.17) is 0 Å². The first-order chi connectivity index (χ1) is 8.61. The van der Waals surface area contributed by atoms with Gasteiger partial charge in [-0.25, -0.2) is 0 Å². The molecule has 2 aliphatic rings. The van der Waals surface area contributed by atoms with Crippen molar-refractivity contribution in [1.29, 1.82) is 0 Å². The van der Waals surface area contributed by atoms with Crippen molar-refractivity contribution < 1.29 is 23.2 Å². The van der Waals surface area contributed by atoms with E-state index < -0.39 is 23.2 Å². The SMILES string of the molecule is CC1=[As][C](C)([Zr][C]2(C)[As]=C(C)C(C)=C2C)C(C)=C1C.Cl.Cl. The zero-order valence-electron chi connectivity index (χ0n) is 14.2. The van der Waals surface area contributed by atoms with E-state index in [9.17, 15) is 0 Å². The van der Waals surface area contributed by atoms with Gasteiger partial charge in [0.15, 0.2) is 0 Å². The topological polar surface area (TPSA) is 0 Å². The molecule has 0 radical (unpaired) electrons. The van der Waals surface area contributed by atoms with Crippen molar-refractivity contribution in [3.63, 3.8) is 0 Å². The molecule has 0 spiro atoms. The van der Waals surface area contributed by atoms with Crippen LogP contribution in [0.2, 0.25) is 3.82 Å². The molecule has 0 fully saturated rings. The van der Waals surface area contributed by atoms with Gasteiger partial charge in [-0.3, -0.25) is 0 Å². The molecular formula is C16H26As2Cl2Zr. The molecule has 2 atom stereocenters. The number of hydrogen-bond donors (Lipinski definition) is 0. The maximum atomic E-state index is 2.61. The van der Waals surface area contributed by atoms with Gasteiger partial charge in [0.1, 0.15) is 0 Å². The fourth-order valence-corrected chi connectivity index (χ4v) is 26.8. The van der Waals surface area contributed by atoms with Crippen molar-refractivity contribution in [2.24, 2.45) is 0 Å². The minimum Gasteiger partial charge on any atom is -0.147 e. The van der Waals surface area contributed by atoms with Gasteiger partial charge in [-0.2, -0.15) is 0 Å². The van der Waals surface area contributed by atoms with Crippen molar-refractivity contribution in [2.45, 2.75) is 59.2 Å². The van der Waals surface area contributed by atoms with Crippen molar-refractivity contribution in [3.05, 3.63) is 22.3 Å². The molecule has 5 heteroatoms. The third-order valence-corrected chi connectivity index (χ3v) is 20.9. The van der Waals surface area contributed by atoms with Crippen molar-refractivity contribution in [1.82, 2.24) is 0 Å². The number of allylic oxidation sites excluding steroid dienone is 4. The van der Waals surface area contributed by atoms with Gasteiger partial charge >= 0.3 is 144 Å². The monoisotopic (exact) mass is 528 g/mol. The van der Waals surface area contributed by atoms with Crippen LogP contribution >= 0.6 is 24.8 Å². The van der Waals surface area contributed by atoms with Crippen molar-refractivity contribution in [3.8, 4) is 0 Å². The molecule has 0 N–H and O–H groups in total. The Bertz CT molecular complexity index is 525. The summed E-state index contributed by atoms with van der Waals surface area (Å²) in [4.78, 5) is 0. The molecule has 0 aromatic heterocycles. The molecule has 0 saturated heterocycles. The Morgan fingerprint density at radius 2 is 0.952 bits per heavy atom. The summed E-state index contributed by atoms with van der Waals surface area (Å²) in [5, 5.41) is 0. The van der Waals surface area contributed by atoms with Gasteiger partial charge in [0.25, 0.3) is 0 Å². The van der Waals surface area contributed by atoms with Crippen LogP contribution in [-0.2, 0) is 23.2 Å². The summed E-state index contributed by atoms with van der Waals surface area (Å²) < 4.78 is 4.80. The minimum atomic E-state index is -0.461. The number of halogens is 2. The Balaban J connectivity index is 0.00000200. The third-order valence-electron chi connectivity index (χ3n) is 4.94. The van der Waals surface area contributed by atoms with Crippen LogP contribution in [0.25, 0.3) is 0 Å². The van der Waals surface area contributed by atoms with E-state index in [1.807, 2.05) is 0 Å². The summed E-state index contributed by atoms with van der Waals surface area (Å²) in [6, 6.07) is 0. The average molecular weight is 530 g/mol. The Hall–Kier alpha value is 1.80. The summed E-state index contributed by atoms with van der Waals surface area (Å²) in [5.41, 5.74) is 6.82. The summed E-state index contributed by atoms with van der Waals surface area (Å²) in [6.07, 6.45) is 0. The van der Waals surface area contributed by atoms with Crippen LogP contribution in [0.15, 0.2) is 22.3 Å². The van der Waals surface area contributed by atoms with Crippen molar-refractivity contribution in [2.75, 3.05) is 0 Å². The van der Waals surface area contributed by atoms with Gasteiger partial charge in [0.05, 0.1) is 0 Å². The standard InChI is InChI=1S/2C8H12As.2ClH.Zr/c2*1-5-6(2)8(4)9-7(5)3;;;/h2*1-4H3;2*1H;. The summed E-state index contributed by atoms with van der Waals surface area (Å²) in [7, 11) is 0. The molecule has 2 aliphatic heterocycles. The van der Waals surface area contributed by atoms with E-state index in [2.05, 4.69) is 55.4 Å². The molecule has 0 aromatic carbocycles. The zero-order chi connectivity index (χ0) is 14.6. The van der Waals surface area contributed by atoms with Crippen LogP contribution in [0.5, 0.6) is 0 Å².